The summed E-state index contributed by atoms with van der Waals surface area (Å²) in [6.07, 6.45) is 4.29. The Morgan fingerprint density at radius 3 is 2.38 bits per heavy atom. The van der Waals surface area contributed by atoms with Gasteiger partial charge in [-0.1, -0.05) is 13.8 Å². The number of Topliss-reactive ketones (excluding diaryl/α,β-unsaturated/α-hetero) is 1. The highest BCUT2D eigenvalue weighted by Gasteiger charge is 2.40. The minimum Gasteiger partial charge on any atom is -0.367 e. The van der Waals surface area contributed by atoms with Crippen LogP contribution in [0.5, 0.6) is 0 Å². The first-order chi connectivity index (χ1) is 7.64. The molecule has 3 heteroatoms. The highest BCUT2D eigenvalue weighted by atomic mass is 16.5. The molecule has 1 saturated heterocycles. The molecule has 94 valence electrons. The first-order valence-electron chi connectivity index (χ1n) is 6.50. The monoisotopic (exact) mass is 227 g/mol. The van der Waals surface area contributed by atoms with E-state index in [1.54, 1.807) is 0 Å². The van der Waals surface area contributed by atoms with Crippen LogP contribution in [0.15, 0.2) is 0 Å². The van der Waals surface area contributed by atoms with Gasteiger partial charge in [-0.2, -0.15) is 0 Å². The van der Waals surface area contributed by atoms with Gasteiger partial charge in [0.25, 0.3) is 0 Å². The average molecular weight is 227 g/mol. The van der Waals surface area contributed by atoms with Gasteiger partial charge in [0.15, 0.2) is 5.78 Å². The number of likely N-dealkylation sites (tertiary alicyclic amines) is 1. The third-order valence-corrected chi connectivity index (χ3v) is 3.36. The molecule has 0 aromatic heterocycles. The molecule has 3 nitrogen and oxygen atoms in total. The van der Waals surface area contributed by atoms with Crippen LogP contribution in [0.2, 0.25) is 0 Å². The SMILES string of the molecule is CCCOC1(C(=O)CCC)CCN(C)CC1. The molecule has 0 unspecified atom stereocenters. The molecular weight excluding hydrogens is 202 g/mol. The lowest BCUT2D eigenvalue weighted by Gasteiger charge is -2.39. The molecule has 0 bridgehead atoms. The van der Waals surface area contributed by atoms with Crippen LogP contribution in [-0.2, 0) is 9.53 Å². The molecule has 0 aromatic rings. The Balaban J connectivity index is 2.64. The summed E-state index contributed by atoms with van der Waals surface area (Å²) >= 11 is 0. The van der Waals surface area contributed by atoms with E-state index in [1.165, 1.54) is 0 Å². The normalized spacial score (nSPS) is 20.9. The number of nitrogens with zero attached hydrogens (tertiary/aromatic N) is 1. The predicted molar refractivity (Wildman–Crippen MR) is 65.6 cm³/mol. The van der Waals surface area contributed by atoms with Crippen molar-refractivity contribution in [1.82, 2.24) is 4.90 Å². The van der Waals surface area contributed by atoms with Crippen molar-refractivity contribution in [1.29, 1.82) is 0 Å². The van der Waals surface area contributed by atoms with E-state index in [1.807, 2.05) is 0 Å². The van der Waals surface area contributed by atoms with Crippen molar-refractivity contribution in [2.24, 2.45) is 0 Å². The van der Waals surface area contributed by atoms with Crippen molar-refractivity contribution < 1.29 is 9.53 Å². The van der Waals surface area contributed by atoms with Crippen LogP contribution in [0.4, 0.5) is 0 Å². The molecule has 0 radical (unpaired) electrons. The smallest absolute Gasteiger partial charge is 0.164 e. The molecule has 0 atom stereocenters. The molecule has 16 heavy (non-hydrogen) atoms. The minimum absolute atomic E-state index is 0.316. The highest BCUT2D eigenvalue weighted by molar-refractivity contribution is 5.87. The van der Waals surface area contributed by atoms with E-state index < -0.39 is 5.60 Å². The second-order valence-electron chi connectivity index (χ2n) is 4.82. The van der Waals surface area contributed by atoms with Crippen LogP contribution in [0.25, 0.3) is 0 Å². The summed E-state index contributed by atoms with van der Waals surface area (Å²) in [5, 5.41) is 0. The zero-order chi connectivity index (χ0) is 12.0. The molecule has 0 spiro atoms. The van der Waals surface area contributed by atoms with E-state index >= 15 is 0 Å². The van der Waals surface area contributed by atoms with E-state index in [-0.39, 0.29) is 0 Å². The number of ketones is 1. The lowest BCUT2D eigenvalue weighted by molar-refractivity contribution is -0.151. The second kappa shape index (κ2) is 6.36. The molecule has 1 fully saturated rings. The van der Waals surface area contributed by atoms with E-state index in [9.17, 15) is 4.79 Å². The van der Waals surface area contributed by atoms with Gasteiger partial charge >= 0.3 is 0 Å². The summed E-state index contributed by atoms with van der Waals surface area (Å²) < 4.78 is 5.91. The topological polar surface area (TPSA) is 29.5 Å². The number of carbonyl (C=O) groups excluding carboxylic acids is 1. The number of carbonyl (C=O) groups is 1. The second-order valence-corrected chi connectivity index (χ2v) is 4.82. The van der Waals surface area contributed by atoms with Gasteiger partial charge in [0.1, 0.15) is 5.60 Å². The minimum atomic E-state index is -0.460. The third kappa shape index (κ3) is 3.29. The van der Waals surface area contributed by atoms with Gasteiger partial charge < -0.3 is 9.64 Å². The number of hydrogen-bond donors (Lipinski definition) is 0. The number of rotatable bonds is 6. The zero-order valence-corrected chi connectivity index (χ0v) is 10.9. The van der Waals surface area contributed by atoms with Gasteiger partial charge in [-0.15, -0.1) is 0 Å². The van der Waals surface area contributed by atoms with Gasteiger partial charge in [-0.25, -0.2) is 0 Å². The van der Waals surface area contributed by atoms with Crippen molar-refractivity contribution >= 4 is 5.78 Å². The van der Waals surface area contributed by atoms with E-state index in [4.69, 9.17) is 4.74 Å². The molecule has 1 aliphatic heterocycles. The van der Waals surface area contributed by atoms with E-state index in [0.29, 0.717) is 18.8 Å². The van der Waals surface area contributed by atoms with E-state index in [0.717, 1.165) is 38.8 Å². The Morgan fingerprint density at radius 2 is 1.88 bits per heavy atom. The first kappa shape index (κ1) is 13.7. The Kier molecular flexibility index (Phi) is 5.42. The quantitative estimate of drug-likeness (QED) is 0.697. The van der Waals surface area contributed by atoms with Gasteiger partial charge in [-0.3, -0.25) is 4.79 Å². The average Bonchev–Trinajstić information content (AvgIpc) is 2.29. The van der Waals surface area contributed by atoms with Crippen molar-refractivity contribution in [3.63, 3.8) is 0 Å². The summed E-state index contributed by atoms with van der Waals surface area (Å²) in [6.45, 7) is 6.80. The summed E-state index contributed by atoms with van der Waals surface area (Å²) in [5.74, 6) is 0.316. The van der Waals surface area contributed by atoms with Crippen molar-refractivity contribution in [2.75, 3.05) is 26.7 Å². The molecule has 1 heterocycles. The van der Waals surface area contributed by atoms with Gasteiger partial charge in [0.05, 0.1) is 0 Å². The highest BCUT2D eigenvalue weighted by Crippen LogP contribution is 2.28. The van der Waals surface area contributed by atoms with Crippen LogP contribution in [-0.4, -0.2) is 43.0 Å². The fourth-order valence-corrected chi connectivity index (χ4v) is 2.24. The van der Waals surface area contributed by atoms with Crippen molar-refractivity contribution in [3.05, 3.63) is 0 Å². The Bertz CT molecular complexity index is 214. The molecular formula is C13H25NO2. The maximum Gasteiger partial charge on any atom is 0.164 e. The van der Waals surface area contributed by atoms with Crippen LogP contribution in [0, 0.1) is 0 Å². The zero-order valence-electron chi connectivity index (χ0n) is 10.9. The molecule has 0 N–H and O–H groups in total. The Morgan fingerprint density at radius 1 is 1.25 bits per heavy atom. The van der Waals surface area contributed by atoms with Crippen LogP contribution >= 0.6 is 0 Å². The fraction of sp³-hybridized carbons (Fsp3) is 0.923. The van der Waals surface area contributed by atoms with Crippen LogP contribution < -0.4 is 0 Å². The van der Waals surface area contributed by atoms with E-state index in [2.05, 4.69) is 25.8 Å². The maximum absolute atomic E-state index is 12.2. The number of piperidine rings is 1. The van der Waals surface area contributed by atoms with Crippen LogP contribution in [0.3, 0.4) is 0 Å². The fourth-order valence-electron chi connectivity index (χ4n) is 2.24. The molecule has 0 amide bonds. The van der Waals surface area contributed by atoms with Crippen molar-refractivity contribution in [2.45, 2.75) is 51.6 Å². The van der Waals surface area contributed by atoms with Crippen molar-refractivity contribution in [3.8, 4) is 0 Å². The largest absolute Gasteiger partial charge is 0.367 e. The van der Waals surface area contributed by atoms with Gasteiger partial charge in [-0.05, 0) is 32.7 Å². The number of ether oxygens (including phenoxy) is 1. The molecule has 0 aromatic carbocycles. The maximum atomic E-state index is 12.2. The Hall–Kier alpha value is -0.410. The summed E-state index contributed by atoms with van der Waals surface area (Å²) in [4.78, 5) is 14.5. The molecule has 1 aliphatic rings. The number of hydrogen-bond acceptors (Lipinski definition) is 3. The summed E-state index contributed by atoms with van der Waals surface area (Å²) in [6, 6.07) is 0. The summed E-state index contributed by atoms with van der Waals surface area (Å²) in [7, 11) is 2.11. The van der Waals surface area contributed by atoms with Gasteiger partial charge in [0.2, 0.25) is 0 Å². The lowest BCUT2D eigenvalue weighted by Crippen LogP contribution is -2.50. The Labute approximate surface area is 99.1 Å². The standard InChI is InChI=1S/C13H25NO2/c1-4-6-12(15)13(16-11-5-2)7-9-14(3)10-8-13/h4-11H2,1-3H3. The molecule has 0 saturated carbocycles. The first-order valence-corrected chi connectivity index (χ1v) is 6.50. The summed E-state index contributed by atoms with van der Waals surface area (Å²) in [5.41, 5.74) is -0.460. The molecule has 1 rings (SSSR count). The third-order valence-electron chi connectivity index (χ3n) is 3.36. The van der Waals surface area contributed by atoms with Crippen LogP contribution in [0.1, 0.15) is 46.0 Å². The lowest BCUT2D eigenvalue weighted by atomic mass is 9.85. The predicted octanol–water partition coefficient (Wildman–Crippen LogP) is 2.25. The van der Waals surface area contributed by atoms with Gasteiger partial charge in [0, 0.05) is 26.1 Å². The molecule has 0 aliphatic carbocycles.